The Bertz CT molecular complexity index is 813. The molecule has 0 atom stereocenters. The summed E-state index contributed by atoms with van der Waals surface area (Å²) >= 11 is 0. The lowest BCUT2D eigenvalue weighted by Crippen LogP contribution is -2.11. The molecular weight excluding hydrogens is 288 g/mol. The molecule has 0 fully saturated rings. The van der Waals surface area contributed by atoms with E-state index in [9.17, 15) is 0 Å². The first-order chi connectivity index (χ1) is 11.2. The van der Waals surface area contributed by atoms with Gasteiger partial charge in [0.2, 0.25) is 5.52 Å². The number of H-pyrrole nitrogens is 1. The molecule has 0 saturated carbocycles. The van der Waals surface area contributed by atoms with E-state index in [0.717, 1.165) is 40.3 Å². The number of nitrogens with one attached hydrogen (secondary N) is 2. The highest BCUT2D eigenvalue weighted by Crippen LogP contribution is 2.26. The van der Waals surface area contributed by atoms with E-state index in [1.54, 1.807) is 14.2 Å². The van der Waals surface area contributed by atoms with Crippen LogP contribution in [0.25, 0.3) is 10.9 Å². The molecule has 0 bridgehead atoms. The molecule has 0 unspecified atom stereocenters. The van der Waals surface area contributed by atoms with Crippen LogP contribution < -0.4 is 19.8 Å². The first-order valence-corrected chi connectivity index (χ1v) is 7.57. The molecule has 0 radical (unpaired) electrons. The molecule has 2 aromatic carbocycles. The second-order valence-corrected chi connectivity index (χ2v) is 5.48. The van der Waals surface area contributed by atoms with Crippen LogP contribution in [0.4, 0.5) is 5.69 Å². The number of hydrogen-bond acceptors (Lipinski definition) is 3. The average Bonchev–Trinajstić information content (AvgIpc) is 2.59. The lowest BCUT2D eigenvalue weighted by Gasteiger charge is -2.10. The van der Waals surface area contributed by atoms with Gasteiger partial charge in [-0.3, -0.25) is 0 Å². The largest absolute Gasteiger partial charge is 0.497 e. The Kier molecular flexibility index (Phi) is 4.33. The van der Waals surface area contributed by atoms with Crippen molar-refractivity contribution in [1.29, 1.82) is 0 Å². The number of aromatic amines is 1. The first kappa shape index (κ1) is 15.2. The number of aromatic nitrogens is 1. The normalized spacial score (nSPS) is 10.6. The lowest BCUT2D eigenvalue weighted by atomic mass is 10.1. The van der Waals surface area contributed by atoms with Gasteiger partial charge < -0.3 is 14.8 Å². The minimum atomic E-state index is 0.750. The molecule has 0 amide bonds. The summed E-state index contributed by atoms with van der Waals surface area (Å²) in [6, 6.07) is 16.2. The summed E-state index contributed by atoms with van der Waals surface area (Å²) in [7, 11) is 3.36. The minimum absolute atomic E-state index is 0.750. The molecule has 2 N–H and O–H groups in total. The van der Waals surface area contributed by atoms with Crippen molar-refractivity contribution >= 4 is 16.6 Å². The number of rotatable bonds is 5. The zero-order valence-electron chi connectivity index (χ0n) is 13.6. The van der Waals surface area contributed by atoms with Crippen LogP contribution in [0.5, 0.6) is 11.5 Å². The van der Waals surface area contributed by atoms with Gasteiger partial charge in [-0.05, 0) is 29.8 Å². The van der Waals surface area contributed by atoms with Crippen molar-refractivity contribution < 1.29 is 14.5 Å². The van der Waals surface area contributed by atoms with E-state index in [4.69, 9.17) is 9.47 Å². The van der Waals surface area contributed by atoms with Crippen molar-refractivity contribution in [1.82, 2.24) is 0 Å². The molecule has 23 heavy (non-hydrogen) atoms. The van der Waals surface area contributed by atoms with Crippen LogP contribution in [-0.2, 0) is 6.54 Å². The van der Waals surface area contributed by atoms with Crippen LogP contribution in [0.15, 0.2) is 48.5 Å². The van der Waals surface area contributed by atoms with E-state index >= 15 is 0 Å². The molecule has 1 aromatic heterocycles. The average molecular weight is 309 g/mol. The minimum Gasteiger partial charge on any atom is -0.497 e. The van der Waals surface area contributed by atoms with Gasteiger partial charge in [-0.1, -0.05) is 12.1 Å². The molecule has 0 aliphatic carbocycles. The maximum absolute atomic E-state index is 5.34. The van der Waals surface area contributed by atoms with Gasteiger partial charge in [0.05, 0.1) is 25.3 Å². The van der Waals surface area contributed by atoms with E-state index < -0.39 is 0 Å². The van der Waals surface area contributed by atoms with Crippen molar-refractivity contribution in [3.63, 3.8) is 0 Å². The van der Waals surface area contributed by atoms with Crippen molar-refractivity contribution in [2.24, 2.45) is 0 Å². The fourth-order valence-electron chi connectivity index (χ4n) is 2.61. The molecular formula is C19H21N2O2+. The number of benzene rings is 2. The van der Waals surface area contributed by atoms with Gasteiger partial charge in [-0.15, -0.1) is 0 Å². The van der Waals surface area contributed by atoms with Crippen molar-refractivity contribution in [2.75, 3.05) is 19.5 Å². The molecule has 3 rings (SSSR count). The second kappa shape index (κ2) is 6.57. The number of methoxy groups -OCH3 is 2. The van der Waals surface area contributed by atoms with Crippen LogP contribution in [0.2, 0.25) is 0 Å². The van der Waals surface area contributed by atoms with Gasteiger partial charge in [0.15, 0.2) is 5.69 Å². The van der Waals surface area contributed by atoms with Gasteiger partial charge in [0, 0.05) is 25.6 Å². The molecule has 4 heteroatoms. The van der Waals surface area contributed by atoms with E-state index in [1.165, 1.54) is 5.56 Å². The molecule has 0 aliphatic rings. The third kappa shape index (κ3) is 3.37. The summed E-state index contributed by atoms with van der Waals surface area (Å²) < 4.78 is 10.5. The van der Waals surface area contributed by atoms with Crippen LogP contribution in [0.1, 0.15) is 11.3 Å². The maximum atomic E-state index is 5.34. The Hall–Kier alpha value is -2.75. The molecule has 118 valence electrons. The Labute approximate surface area is 136 Å². The summed E-state index contributed by atoms with van der Waals surface area (Å²) in [4.78, 5) is 3.38. The van der Waals surface area contributed by atoms with Gasteiger partial charge >= 0.3 is 0 Å². The van der Waals surface area contributed by atoms with Crippen molar-refractivity contribution in [2.45, 2.75) is 13.5 Å². The Morgan fingerprint density at radius 2 is 1.61 bits per heavy atom. The third-order valence-electron chi connectivity index (χ3n) is 3.85. The lowest BCUT2D eigenvalue weighted by molar-refractivity contribution is -0.354. The number of hydrogen-bond donors (Lipinski definition) is 1. The zero-order valence-corrected chi connectivity index (χ0v) is 13.6. The molecule has 3 aromatic rings. The van der Waals surface area contributed by atoms with Crippen molar-refractivity contribution in [3.05, 3.63) is 59.8 Å². The SMILES string of the molecule is COc1ccc(CNc2cc(C)[nH+]c3ccc(OC)cc23)cc1. The highest BCUT2D eigenvalue weighted by Gasteiger charge is 2.10. The topological polar surface area (TPSA) is 44.6 Å². The van der Waals surface area contributed by atoms with Gasteiger partial charge in [-0.25, -0.2) is 4.98 Å². The quantitative estimate of drug-likeness (QED) is 0.783. The smallest absolute Gasteiger partial charge is 0.213 e. The Morgan fingerprint density at radius 1 is 0.913 bits per heavy atom. The Balaban J connectivity index is 1.88. The molecule has 0 aliphatic heterocycles. The predicted molar refractivity (Wildman–Crippen MR) is 92.1 cm³/mol. The fraction of sp³-hybridized carbons (Fsp3) is 0.211. The van der Waals surface area contributed by atoms with Gasteiger partial charge in [0.1, 0.15) is 11.5 Å². The Morgan fingerprint density at radius 3 is 2.30 bits per heavy atom. The fourth-order valence-corrected chi connectivity index (χ4v) is 2.61. The van der Waals surface area contributed by atoms with E-state index in [-0.39, 0.29) is 0 Å². The number of anilines is 1. The second-order valence-electron chi connectivity index (χ2n) is 5.48. The highest BCUT2D eigenvalue weighted by molar-refractivity contribution is 5.90. The monoisotopic (exact) mass is 309 g/mol. The standard InChI is InChI=1S/C19H20N2O2/c1-13-10-19(17-11-16(23-3)8-9-18(17)21-13)20-12-14-4-6-15(22-2)7-5-14/h4-11H,12H2,1-3H3,(H,20,21)/p+1. The third-order valence-corrected chi connectivity index (χ3v) is 3.85. The molecule has 0 spiro atoms. The van der Waals surface area contributed by atoms with E-state index in [1.807, 2.05) is 30.3 Å². The summed E-state index contributed by atoms with van der Waals surface area (Å²) in [5.74, 6) is 1.72. The number of fused-ring (bicyclic) bond motifs is 1. The number of pyridine rings is 1. The zero-order chi connectivity index (χ0) is 16.2. The first-order valence-electron chi connectivity index (χ1n) is 7.57. The number of aryl methyl sites for hydroxylation is 1. The summed E-state index contributed by atoms with van der Waals surface area (Å²) in [6.07, 6.45) is 0. The van der Waals surface area contributed by atoms with Gasteiger partial charge in [0.25, 0.3) is 0 Å². The number of ether oxygens (including phenoxy) is 2. The maximum Gasteiger partial charge on any atom is 0.213 e. The van der Waals surface area contributed by atoms with E-state index in [0.29, 0.717) is 0 Å². The summed E-state index contributed by atoms with van der Waals surface area (Å²) in [6.45, 7) is 2.81. The highest BCUT2D eigenvalue weighted by atomic mass is 16.5. The van der Waals surface area contributed by atoms with Crippen LogP contribution in [-0.4, -0.2) is 14.2 Å². The summed E-state index contributed by atoms with van der Waals surface area (Å²) in [5, 5.41) is 4.63. The van der Waals surface area contributed by atoms with Crippen LogP contribution in [0, 0.1) is 6.92 Å². The molecule has 4 nitrogen and oxygen atoms in total. The van der Waals surface area contributed by atoms with Gasteiger partial charge in [-0.2, -0.15) is 0 Å². The summed E-state index contributed by atoms with van der Waals surface area (Å²) in [5.41, 5.74) is 4.49. The van der Waals surface area contributed by atoms with Crippen LogP contribution >= 0.6 is 0 Å². The predicted octanol–water partition coefficient (Wildman–Crippen LogP) is 3.59. The molecule has 1 heterocycles. The molecule has 0 saturated heterocycles. The van der Waals surface area contributed by atoms with Crippen LogP contribution in [0.3, 0.4) is 0 Å². The van der Waals surface area contributed by atoms with E-state index in [2.05, 4.69) is 35.4 Å². The van der Waals surface area contributed by atoms with Crippen molar-refractivity contribution in [3.8, 4) is 11.5 Å².